The van der Waals surface area contributed by atoms with Gasteiger partial charge in [0.25, 0.3) is 5.97 Å². The number of rotatable bonds is 13. The van der Waals surface area contributed by atoms with Crippen LogP contribution < -0.4 is 0 Å². The number of aliphatic hydroxyl groups excluding tert-OH is 1. The Hall–Kier alpha value is -0.830. The first kappa shape index (κ1) is 22.5. The van der Waals surface area contributed by atoms with E-state index in [2.05, 4.69) is 19.1 Å². The molecule has 0 aromatic rings. The number of aliphatic carboxylic acids is 1. The van der Waals surface area contributed by atoms with Gasteiger partial charge in [-0.05, 0) is 32.1 Å². The zero-order valence-electron chi connectivity index (χ0n) is 14.1. The normalized spacial score (nSPS) is 10.4. The summed E-state index contributed by atoms with van der Waals surface area (Å²) in [5, 5.41) is 16.1. The first-order valence-corrected chi connectivity index (χ1v) is 8.60. The van der Waals surface area contributed by atoms with Crippen LogP contribution >= 0.6 is 0 Å². The van der Waals surface area contributed by atoms with E-state index in [1.807, 2.05) is 0 Å². The summed E-state index contributed by atoms with van der Waals surface area (Å²) in [6, 6.07) is 0. The van der Waals surface area contributed by atoms with Crippen molar-refractivity contribution in [3.05, 3.63) is 12.2 Å². The lowest BCUT2D eigenvalue weighted by Gasteiger charge is -1.98. The maximum atomic E-state index is 9.00. The van der Waals surface area contributed by atoms with Gasteiger partial charge in [0.15, 0.2) is 0 Å². The standard InChI is InChI=1S/C16H32O.C2H4O2/c1-2-3-4-5-6-7-8-9-10-11-12-13-14-15-16-17;1-2(3)4/h7-8,17H,2-6,9-16H2,1H3;1H3,(H,3,4). The van der Waals surface area contributed by atoms with Gasteiger partial charge >= 0.3 is 0 Å². The van der Waals surface area contributed by atoms with E-state index in [9.17, 15) is 0 Å². The summed E-state index contributed by atoms with van der Waals surface area (Å²) in [6.45, 7) is 3.71. The van der Waals surface area contributed by atoms with Crippen molar-refractivity contribution in [3.63, 3.8) is 0 Å². The second-order valence-electron chi connectivity index (χ2n) is 5.47. The Balaban J connectivity index is 0. The number of hydrogen-bond acceptors (Lipinski definition) is 2. The van der Waals surface area contributed by atoms with Crippen LogP contribution in [0.5, 0.6) is 0 Å². The Morgan fingerprint density at radius 2 is 1.19 bits per heavy atom. The van der Waals surface area contributed by atoms with Crippen LogP contribution in [0, 0.1) is 0 Å². The highest BCUT2D eigenvalue weighted by Crippen LogP contribution is 2.08. The molecule has 0 aliphatic heterocycles. The van der Waals surface area contributed by atoms with Crippen molar-refractivity contribution in [2.75, 3.05) is 6.61 Å². The molecule has 0 aliphatic carbocycles. The van der Waals surface area contributed by atoms with Crippen molar-refractivity contribution in [2.24, 2.45) is 0 Å². The number of allylic oxidation sites excluding steroid dienone is 2. The Morgan fingerprint density at radius 3 is 1.62 bits per heavy atom. The van der Waals surface area contributed by atoms with Gasteiger partial charge in [-0.2, -0.15) is 0 Å². The lowest BCUT2D eigenvalue weighted by Crippen LogP contribution is -1.83. The molecule has 2 N–H and O–H groups in total. The first-order chi connectivity index (χ1) is 10.1. The van der Waals surface area contributed by atoms with Crippen LogP contribution in [-0.4, -0.2) is 22.8 Å². The number of hydrogen-bond donors (Lipinski definition) is 2. The van der Waals surface area contributed by atoms with Crippen molar-refractivity contribution < 1.29 is 15.0 Å². The third kappa shape index (κ3) is 32.6. The molecule has 3 nitrogen and oxygen atoms in total. The molecule has 0 fully saturated rings. The largest absolute Gasteiger partial charge is 0.481 e. The van der Waals surface area contributed by atoms with E-state index in [1.54, 1.807) is 0 Å². The molecule has 0 saturated heterocycles. The van der Waals surface area contributed by atoms with Crippen molar-refractivity contribution in [2.45, 2.75) is 90.9 Å². The number of aliphatic hydroxyl groups is 1. The molecule has 0 rings (SSSR count). The highest BCUT2D eigenvalue weighted by molar-refractivity contribution is 5.62. The summed E-state index contributed by atoms with van der Waals surface area (Å²) in [5.74, 6) is -0.833. The van der Waals surface area contributed by atoms with Crippen molar-refractivity contribution in [3.8, 4) is 0 Å². The Morgan fingerprint density at radius 1 is 0.810 bits per heavy atom. The highest BCUT2D eigenvalue weighted by atomic mass is 16.4. The Labute approximate surface area is 131 Å². The van der Waals surface area contributed by atoms with Gasteiger partial charge in [0.1, 0.15) is 0 Å². The molecule has 3 heteroatoms. The predicted octanol–water partition coefficient (Wildman–Crippen LogP) is 5.33. The molecule has 0 atom stereocenters. The number of carboxylic acid groups (broad SMARTS) is 1. The summed E-state index contributed by atoms with van der Waals surface area (Å²) in [7, 11) is 0. The zero-order valence-corrected chi connectivity index (χ0v) is 14.1. The predicted molar refractivity (Wildman–Crippen MR) is 90.6 cm³/mol. The van der Waals surface area contributed by atoms with Gasteiger partial charge in [0, 0.05) is 13.5 Å². The maximum Gasteiger partial charge on any atom is 0.300 e. The minimum atomic E-state index is -0.833. The molecule has 0 aromatic heterocycles. The van der Waals surface area contributed by atoms with Crippen LogP contribution in [0.2, 0.25) is 0 Å². The lowest BCUT2D eigenvalue weighted by atomic mass is 10.1. The van der Waals surface area contributed by atoms with Crippen LogP contribution in [-0.2, 0) is 4.79 Å². The van der Waals surface area contributed by atoms with Gasteiger partial charge in [-0.15, -0.1) is 0 Å². The molecule has 0 aromatic carbocycles. The summed E-state index contributed by atoms with van der Waals surface area (Å²) >= 11 is 0. The fourth-order valence-electron chi connectivity index (χ4n) is 2.01. The summed E-state index contributed by atoms with van der Waals surface area (Å²) < 4.78 is 0. The Kier molecular flexibility index (Phi) is 23.0. The van der Waals surface area contributed by atoms with E-state index < -0.39 is 5.97 Å². The molecule has 0 heterocycles. The van der Waals surface area contributed by atoms with Gasteiger partial charge in [-0.25, -0.2) is 0 Å². The molecule has 0 aliphatic rings. The quantitative estimate of drug-likeness (QED) is 0.357. The molecule has 126 valence electrons. The zero-order chi connectivity index (χ0) is 16.2. The van der Waals surface area contributed by atoms with Crippen LogP contribution in [0.1, 0.15) is 90.9 Å². The number of unbranched alkanes of at least 4 members (excludes halogenated alkanes) is 10. The summed E-state index contributed by atoms with van der Waals surface area (Å²) in [4.78, 5) is 9.00. The average Bonchev–Trinajstić information content (AvgIpc) is 2.43. The fraction of sp³-hybridized carbons (Fsp3) is 0.833. The lowest BCUT2D eigenvalue weighted by molar-refractivity contribution is -0.134. The van der Waals surface area contributed by atoms with E-state index >= 15 is 0 Å². The third-order valence-electron chi connectivity index (χ3n) is 3.17. The minimum Gasteiger partial charge on any atom is -0.481 e. The van der Waals surface area contributed by atoms with Crippen molar-refractivity contribution >= 4 is 5.97 Å². The van der Waals surface area contributed by atoms with E-state index in [1.165, 1.54) is 70.6 Å². The SMILES string of the molecule is CC(=O)O.CCCCCCC=CCCCCCCCCO. The molecule has 0 radical (unpaired) electrons. The summed E-state index contributed by atoms with van der Waals surface area (Å²) in [6.07, 6.45) is 20.2. The molecule has 21 heavy (non-hydrogen) atoms. The van der Waals surface area contributed by atoms with E-state index in [0.29, 0.717) is 6.61 Å². The van der Waals surface area contributed by atoms with Gasteiger partial charge in [0.05, 0.1) is 0 Å². The molecule has 0 bridgehead atoms. The van der Waals surface area contributed by atoms with E-state index in [0.717, 1.165) is 13.3 Å². The summed E-state index contributed by atoms with van der Waals surface area (Å²) in [5.41, 5.74) is 0. The monoisotopic (exact) mass is 300 g/mol. The van der Waals surface area contributed by atoms with Crippen LogP contribution in [0.25, 0.3) is 0 Å². The average molecular weight is 300 g/mol. The van der Waals surface area contributed by atoms with Crippen LogP contribution in [0.4, 0.5) is 0 Å². The second kappa shape index (κ2) is 21.5. The maximum absolute atomic E-state index is 9.00. The fourth-order valence-corrected chi connectivity index (χ4v) is 2.01. The van der Waals surface area contributed by atoms with Crippen molar-refractivity contribution in [1.29, 1.82) is 0 Å². The highest BCUT2D eigenvalue weighted by Gasteiger charge is 1.89. The van der Waals surface area contributed by atoms with Gasteiger partial charge in [-0.1, -0.05) is 64.0 Å². The topological polar surface area (TPSA) is 57.5 Å². The number of carbonyl (C=O) groups is 1. The first-order valence-electron chi connectivity index (χ1n) is 8.60. The molecular weight excluding hydrogens is 264 g/mol. The molecule has 0 saturated carbocycles. The molecular formula is C18H36O3. The van der Waals surface area contributed by atoms with Crippen LogP contribution in [0.15, 0.2) is 12.2 Å². The van der Waals surface area contributed by atoms with Crippen LogP contribution in [0.3, 0.4) is 0 Å². The second-order valence-corrected chi connectivity index (χ2v) is 5.47. The van der Waals surface area contributed by atoms with E-state index in [4.69, 9.17) is 15.0 Å². The Bertz CT molecular complexity index is 221. The smallest absolute Gasteiger partial charge is 0.300 e. The molecule has 0 spiro atoms. The van der Waals surface area contributed by atoms with Gasteiger partial charge in [0.2, 0.25) is 0 Å². The minimum absolute atomic E-state index is 0.362. The van der Waals surface area contributed by atoms with Gasteiger partial charge < -0.3 is 10.2 Å². The van der Waals surface area contributed by atoms with E-state index in [-0.39, 0.29) is 0 Å². The molecule has 0 amide bonds. The van der Waals surface area contributed by atoms with Crippen molar-refractivity contribution in [1.82, 2.24) is 0 Å². The van der Waals surface area contributed by atoms with Gasteiger partial charge in [-0.3, -0.25) is 4.79 Å². The number of carboxylic acids is 1. The third-order valence-corrected chi connectivity index (χ3v) is 3.17. The molecule has 0 unspecified atom stereocenters.